The zero-order valence-electron chi connectivity index (χ0n) is 14.5. The molecule has 128 valence electrons. The number of hydrogen-bond donors (Lipinski definition) is 1. The monoisotopic (exact) mass is 339 g/mol. The van der Waals surface area contributed by atoms with E-state index in [2.05, 4.69) is 12.2 Å². The maximum absolute atomic E-state index is 11.9. The quantitative estimate of drug-likeness (QED) is 0.711. The normalized spacial score (nSPS) is 12.5. The van der Waals surface area contributed by atoms with Gasteiger partial charge in [-0.1, -0.05) is 24.9 Å². The molecule has 0 bridgehead atoms. The summed E-state index contributed by atoms with van der Waals surface area (Å²) in [6.07, 6.45) is 5.20. The van der Waals surface area contributed by atoms with Gasteiger partial charge < -0.3 is 14.8 Å². The maximum Gasteiger partial charge on any atom is 0.244 e. The molecule has 0 aromatic heterocycles. The Morgan fingerprint density at radius 2 is 2.04 bits per heavy atom. The predicted octanol–water partition coefficient (Wildman–Crippen LogP) is 4.45. The molecular weight excluding hydrogens is 314 g/mol. The Morgan fingerprint density at radius 1 is 1.35 bits per heavy atom. The fourth-order valence-corrected chi connectivity index (χ4v) is 2.42. The van der Waals surface area contributed by atoms with Crippen LogP contribution in [0.2, 0.25) is 5.02 Å². The minimum atomic E-state index is -0.122. The number of halogens is 1. The summed E-state index contributed by atoms with van der Waals surface area (Å²) in [5.41, 5.74) is 0.779. The van der Waals surface area contributed by atoms with Crippen LogP contribution in [0.15, 0.2) is 18.2 Å². The van der Waals surface area contributed by atoms with Crippen LogP contribution < -0.4 is 14.8 Å². The van der Waals surface area contributed by atoms with Crippen LogP contribution >= 0.6 is 11.6 Å². The lowest BCUT2D eigenvalue weighted by atomic mass is 10.1. The number of methoxy groups -OCH3 is 1. The molecule has 0 fully saturated rings. The molecule has 0 aliphatic heterocycles. The third-order valence-electron chi connectivity index (χ3n) is 3.14. The van der Waals surface area contributed by atoms with Gasteiger partial charge in [0.2, 0.25) is 5.91 Å². The molecule has 1 amide bonds. The molecule has 1 N–H and O–H groups in total. The van der Waals surface area contributed by atoms with Crippen molar-refractivity contribution in [1.82, 2.24) is 5.32 Å². The Labute approximate surface area is 143 Å². The summed E-state index contributed by atoms with van der Waals surface area (Å²) in [7, 11) is 1.56. The van der Waals surface area contributed by atoms with E-state index in [-0.39, 0.29) is 18.1 Å². The van der Waals surface area contributed by atoms with E-state index in [4.69, 9.17) is 21.1 Å². The van der Waals surface area contributed by atoms with Crippen molar-refractivity contribution in [3.63, 3.8) is 0 Å². The summed E-state index contributed by atoms with van der Waals surface area (Å²) in [6, 6.07) is 3.71. The molecule has 5 heteroatoms. The highest BCUT2D eigenvalue weighted by molar-refractivity contribution is 6.32. The number of hydrogen-bond acceptors (Lipinski definition) is 3. The fraction of sp³-hybridized carbons (Fsp3) is 0.500. The van der Waals surface area contributed by atoms with Crippen molar-refractivity contribution in [3.05, 3.63) is 28.8 Å². The van der Waals surface area contributed by atoms with Gasteiger partial charge in [0.25, 0.3) is 0 Å². The smallest absolute Gasteiger partial charge is 0.244 e. The number of carbonyl (C=O) groups excluding carboxylic acids is 1. The molecular formula is C18H26ClNO3. The van der Waals surface area contributed by atoms with Crippen molar-refractivity contribution in [2.45, 2.75) is 52.7 Å². The molecule has 4 nitrogen and oxygen atoms in total. The Morgan fingerprint density at radius 3 is 2.61 bits per heavy atom. The van der Waals surface area contributed by atoms with E-state index in [0.29, 0.717) is 16.5 Å². The molecule has 0 aliphatic rings. The number of carbonyl (C=O) groups is 1. The van der Waals surface area contributed by atoms with Gasteiger partial charge in [0.1, 0.15) is 0 Å². The van der Waals surface area contributed by atoms with Gasteiger partial charge in [0, 0.05) is 12.1 Å². The third kappa shape index (κ3) is 6.53. The van der Waals surface area contributed by atoms with Crippen molar-refractivity contribution >= 4 is 23.6 Å². The largest absolute Gasteiger partial charge is 0.493 e. The number of nitrogens with one attached hydrogen (secondary N) is 1. The first-order valence-electron chi connectivity index (χ1n) is 7.90. The van der Waals surface area contributed by atoms with Crippen molar-refractivity contribution < 1.29 is 14.3 Å². The van der Waals surface area contributed by atoms with Crippen LogP contribution in [0, 0.1) is 0 Å². The van der Waals surface area contributed by atoms with E-state index in [1.54, 1.807) is 25.3 Å². The van der Waals surface area contributed by atoms with Crippen LogP contribution in [0.5, 0.6) is 11.5 Å². The Hall–Kier alpha value is -1.68. The molecule has 0 radical (unpaired) electrons. The van der Waals surface area contributed by atoms with Crippen LogP contribution in [-0.4, -0.2) is 25.2 Å². The second-order valence-electron chi connectivity index (χ2n) is 5.73. The summed E-state index contributed by atoms with van der Waals surface area (Å²) in [6.45, 7) is 7.93. The minimum Gasteiger partial charge on any atom is -0.493 e. The second kappa shape index (κ2) is 9.46. The molecule has 0 aliphatic carbocycles. The van der Waals surface area contributed by atoms with Gasteiger partial charge in [-0.2, -0.15) is 0 Å². The number of amides is 1. The average Bonchev–Trinajstić information content (AvgIpc) is 2.47. The zero-order valence-corrected chi connectivity index (χ0v) is 15.2. The molecule has 0 saturated carbocycles. The van der Waals surface area contributed by atoms with Gasteiger partial charge >= 0.3 is 0 Å². The number of benzene rings is 1. The molecule has 1 aromatic carbocycles. The highest BCUT2D eigenvalue weighted by Crippen LogP contribution is 2.37. The number of ether oxygens (including phenoxy) is 2. The lowest BCUT2D eigenvalue weighted by Gasteiger charge is -2.15. The van der Waals surface area contributed by atoms with Crippen molar-refractivity contribution in [2.24, 2.45) is 0 Å². The highest BCUT2D eigenvalue weighted by Gasteiger charge is 2.13. The van der Waals surface area contributed by atoms with Crippen molar-refractivity contribution in [2.75, 3.05) is 7.11 Å². The van der Waals surface area contributed by atoms with Crippen LogP contribution in [0.4, 0.5) is 0 Å². The molecule has 1 unspecified atom stereocenters. The molecule has 0 spiro atoms. The summed E-state index contributed by atoms with van der Waals surface area (Å²) >= 11 is 6.26. The van der Waals surface area contributed by atoms with Gasteiger partial charge in [-0.05, 0) is 51.0 Å². The summed E-state index contributed by atoms with van der Waals surface area (Å²) in [5, 5.41) is 3.37. The SMILES string of the molecule is CCCC(C)NC(=O)/C=C/c1cc(Cl)c(OC(C)C)c(OC)c1. The molecule has 1 atom stereocenters. The Bertz CT molecular complexity index is 555. The van der Waals surface area contributed by atoms with Crippen LogP contribution in [0.3, 0.4) is 0 Å². The molecule has 0 saturated heterocycles. The maximum atomic E-state index is 11.9. The van der Waals surface area contributed by atoms with Crippen LogP contribution in [0.25, 0.3) is 6.08 Å². The first-order valence-corrected chi connectivity index (χ1v) is 8.27. The van der Waals surface area contributed by atoms with Gasteiger partial charge in [-0.3, -0.25) is 4.79 Å². The topological polar surface area (TPSA) is 47.6 Å². The summed E-state index contributed by atoms with van der Waals surface area (Å²) in [4.78, 5) is 11.9. The first-order chi connectivity index (χ1) is 10.9. The molecule has 1 aromatic rings. The van der Waals surface area contributed by atoms with Gasteiger partial charge in [0.05, 0.1) is 18.2 Å². The lowest BCUT2D eigenvalue weighted by molar-refractivity contribution is -0.117. The summed E-state index contributed by atoms with van der Waals surface area (Å²) in [5.74, 6) is 0.941. The van der Waals surface area contributed by atoms with E-state index < -0.39 is 0 Å². The lowest BCUT2D eigenvalue weighted by Crippen LogP contribution is -2.30. The highest BCUT2D eigenvalue weighted by atomic mass is 35.5. The van der Waals surface area contributed by atoms with E-state index in [0.717, 1.165) is 18.4 Å². The minimum absolute atomic E-state index is 0.00590. The summed E-state index contributed by atoms with van der Waals surface area (Å²) < 4.78 is 11.0. The van der Waals surface area contributed by atoms with E-state index in [1.807, 2.05) is 20.8 Å². The van der Waals surface area contributed by atoms with E-state index in [1.165, 1.54) is 6.08 Å². The Balaban J connectivity index is 2.87. The van der Waals surface area contributed by atoms with Crippen molar-refractivity contribution in [1.29, 1.82) is 0 Å². The van der Waals surface area contributed by atoms with E-state index in [9.17, 15) is 4.79 Å². The van der Waals surface area contributed by atoms with Crippen LogP contribution in [0.1, 0.15) is 46.1 Å². The molecule has 1 rings (SSSR count). The van der Waals surface area contributed by atoms with Gasteiger partial charge in [-0.25, -0.2) is 0 Å². The predicted molar refractivity (Wildman–Crippen MR) is 95.3 cm³/mol. The first kappa shape index (κ1) is 19.4. The molecule has 23 heavy (non-hydrogen) atoms. The van der Waals surface area contributed by atoms with Crippen LogP contribution in [-0.2, 0) is 4.79 Å². The van der Waals surface area contributed by atoms with Gasteiger partial charge in [0.15, 0.2) is 11.5 Å². The molecule has 0 heterocycles. The third-order valence-corrected chi connectivity index (χ3v) is 3.42. The van der Waals surface area contributed by atoms with E-state index >= 15 is 0 Å². The Kier molecular flexibility index (Phi) is 7.96. The fourth-order valence-electron chi connectivity index (χ4n) is 2.15. The second-order valence-corrected chi connectivity index (χ2v) is 6.14. The zero-order chi connectivity index (χ0) is 17.4. The van der Waals surface area contributed by atoms with Crippen molar-refractivity contribution in [3.8, 4) is 11.5 Å². The number of rotatable bonds is 8. The van der Waals surface area contributed by atoms with Gasteiger partial charge in [-0.15, -0.1) is 0 Å². The standard InChI is InChI=1S/C18H26ClNO3/c1-6-7-13(4)20-17(21)9-8-14-10-15(19)18(23-12(2)3)16(11-14)22-5/h8-13H,6-7H2,1-5H3,(H,20,21)/b9-8+. The average molecular weight is 340 g/mol.